The largest absolute Gasteiger partial charge is 0.469 e. The molecule has 6 nitrogen and oxygen atoms in total. The number of nitrogens with two attached hydrogens (primary N) is 1. The van der Waals surface area contributed by atoms with Gasteiger partial charge in [-0.15, -0.1) is 0 Å². The lowest BCUT2D eigenvalue weighted by molar-refractivity contribution is -0.159. The van der Waals surface area contributed by atoms with Crippen molar-refractivity contribution in [3.05, 3.63) is 24.2 Å². The number of aryl methyl sites for hydroxylation is 1. The quantitative estimate of drug-likeness (QED) is 0.591. The van der Waals surface area contributed by atoms with Gasteiger partial charge in [-0.2, -0.15) is 0 Å². The fourth-order valence-corrected chi connectivity index (χ4v) is 2.25. The Hall–Kier alpha value is -1.82. The summed E-state index contributed by atoms with van der Waals surface area (Å²) < 4.78 is 10.1. The fraction of sp³-hybridized carbons (Fsp3) is 0.538. The van der Waals surface area contributed by atoms with Gasteiger partial charge < -0.3 is 19.8 Å². The molecule has 2 N–H and O–H groups in total. The molecule has 1 aromatic heterocycles. The second-order valence-electron chi connectivity index (χ2n) is 4.48. The highest BCUT2D eigenvalue weighted by atomic mass is 16.5. The second-order valence-corrected chi connectivity index (χ2v) is 4.48. The lowest BCUT2D eigenvalue weighted by Gasteiger charge is -2.44. The van der Waals surface area contributed by atoms with Crippen molar-refractivity contribution in [2.45, 2.75) is 31.8 Å². The van der Waals surface area contributed by atoms with Crippen LogP contribution in [0.4, 0.5) is 0 Å². The van der Waals surface area contributed by atoms with Crippen LogP contribution in [0.5, 0.6) is 0 Å². The summed E-state index contributed by atoms with van der Waals surface area (Å²) in [6.07, 6.45) is 2.98. The van der Waals surface area contributed by atoms with Crippen LogP contribution in [0.3, 0.4) is 0 Å². The predicted octanol–water partition coefficient (Wildman–Crippen LogP) is 0.313. The number of furan rings is 1. The van der Waals surface area contributed by atoms with E-state index in [1.165, 1.54) is 4.90 Å². The maximum atomic E-state index is 11.6. The van der Waals surface area contributed by atoms with E-state index in [0.29, 0.717) is 19.4 Å². The molecule has 0 radical (unpaired) electrons. The highest BCUT2D eigenvalue weighted by molar-refractivity contribution is 5.92. The van der Waals surface area contributed by atoms with E-state index in [1.807, 2.05) is 12.1 Å². The third kappa shape index (κ3) is 2.96. The maximum Gasteiger partial charge on any atom is 0.325 e. The Bertz CT molecular complexity index is 444. The minimum absolute atomic E-state index is 0.0246. The first-order valence-corrected chi connectivity index (χ1v) is 6.37. The Morgan fingerprint density at radius 3 is 3.00 bits per heavy atom. The molecule has 0 spiro atoms. The fourth-order valence-electron chi connectivity index (χ4n) is 2.25. The lowest BCUT2D eigenvalue weighted by Crippen LogP contribution is -2.69. The zero-order valence-corrected chi connectivity index (χ0v) is 10.9. The van der Waals surface area contributed by atoms with Gasteiger partial charge in [0.15, 0.2) is 0 Å². The molecule has 2 heterocycles. The summed E-state index contributed by atoms with van der Waals surface area (Å²) in [6.45, 7) is 2.02. The molecule has 6 heteroatoms. The van der Waals surface area contributed by atoms with Crippen molar-refractivity contribution >= 4 is 11.9 Å². The van der Waals surface area contributed by atoms with Crippen LogP contribution in [0.25, 0.3) is 0 Å². The van der Waals surface area contributed by atoms with E-state index in [4.69, 9.17) is 14.9 Å². The van der Waals surface area contributed by atoms with Crippen LogP contribution in [0.1, 0.15) is 19.1 Å². The third-order valence-corrected chi connectivity index (χ3v) is 3.25. The van der Waals surface area contributed by atoms with E-state index < -0.39 is 12.0 Å². The average Bonchev–Trinajstić information content (AvgIpc) is 2.90. The molecule has 1 fully saturated rings. The zero-order valence-electron chi connectivity index (χ0n) is 10.9. The molecule has 19 heavy (non-hydrogen) atoms. The van der Waals surface area contributed by atoms with Crippen molar-refractivity contribution in [1.29, 1.82) is 0 Å². The molecule has 1 amide bonds. The van der Waals surface area contributed by atoms with E-state index in [-0.39, 0.29) is 18.5 Å². The van der Waals surface area contributed by atoms with Gasteiger partial charge in [0.25, 0.3) is 0 Å². The number of rotatable bonds is 6. The number of likely N-dealkylation sites (tertiary alicyclic amines) is 1. The lowest BCUT2D eigenvalue weighted by atomic mass is 9.91. The zero-order chi connectivity index (χ0) is 13.8. The van der Waals surface area contributed by atoms with Crippen LogP contribution < -0.4 is 5.73 Å². The van der Waals surface area contributed by atoms with Gasteiger partial charge in [0.1, 0.15) is 18.3 Å². The molecule has 1 aromatic rings. The van der Waals surface area contributed by atoms with Crippen LogP contribution >= 0.6 is 0 Å². The Kier molecular flexibility index (Phi) is 4.21. The van der Waals surface area contributed by atoms with Crippen molar-refractivity contribution < 1.29 is 18.7 Å². The molecule has 0 aliphatic carbocycles. The van der Waals surface area contributed by atoms with Crippen molar-refractivity contribution in [3.63, 3.8) is 0 Å². The minimum atomic E-state index is -0.524. The maximum absolute atomic E-state index is 11.6. The molecule has 1 aliphatic heterocycles. The minimum Gasteiger partial charge on any atom is -0.469 e. The summed E-state index contributed by atoms with van der Waals surface area (Å²) in [5.74, 6) is 0.255. The first-order chi connectivity index (χ1) is 9.13. The molecular weight excluding hydrogens is 248 g/mol. The van der Waals surface area contributed by atoms with Crippen LogP contribution in [0.2, 0.25) is 0 Å². The molecule has 1 aliphatic rings. The second kappa shape index (κ2) is 5.88. The molecule has 0 bridgehead atoms. The van der Waals surface area contributed by atoms with E-state index >= 15 is 0 Å². The van der Waals surface area contributed by atoms with Gasteiger partial charge in [0.05, 0.1) is 18.9 Å². The molecule has 0 aromatic carbocycles. The van der Waals surface area contributed by atoms with Gasteiger partial charge in [-0.3, -0.25) is 9.59 Å². The van der Waals surface area contributed by atoms with Crippen LogP contribution in [-0.2, 0) is 20.7 Å². The van der Waals surface area contributed by atoms with Gasteiger partial charge in [-0.05, 0) is 25.5 Å². The number of hydrogen-bond donors (Lipinski definition) is 1. The van der Waals surface area contributed by atoms with Crippen molar-refractivity contribution in [1.82, 2.24) is 4.90 Å². The highest BCUT2D eigenvalue weighted by Gasteiger charge is 2.45. The Morgan fingerprint density at radius 1 is 1.58 bits per heavy atom. The SMILES string of the molecule is CCOC(=O)CN1C(=O)[C@H](N)[C@@H]1CCc1ccco1. The standard InChI is InChI=1S/C13H18N2O4/c1-2-18-11(16)8-15-10(12(14)13(15)17)6-5-9-4-3-7-19-9/h3-4,7,10,12H,2,5-6,8,14H2,1H3/t10-,12+/m0/s1. The van der Waals surface area contributed by atoms with Crippen molar-refractivity contribution in [2.24, 2.45) is 5.73 Å². The molecular formula is C13H18N2O4. The Morgan fingerprint density at radius 2 is 2.37 bits per heavy atom. The Balaban J connectivity index is 1.87. The molecule has 0 unspecified atom stereocenters. The highest BCUT2D eigenvalue weighted by Crippen LogP contribution is 2.23. The van der Waals surface area contributed by atoms with Gasteiger partial charge in [0.2, 0.25) is 5.91 Å². The van der Waals surface area contributed by atoms with E-state index in [1.54, 1.807) is 13.2 Å². The topological polar surface area (TPSA) is 85.8 Å². The molecule has 2 atom stereocenters. The third-order valence-electron chi connectivity index (χ3n) is 3.25. The smallest absolute Gasteiger partial charge is 0.325 e. The summed E-state index contributed by atoms with van der Waals surface area (Å²) in [4.78, 5) is 24.5. The van der Waals surface area contributed by atoms with Gasteiger partial charge >= 0.3 is 5.97 Å². The molecule has 104 valence electrons. The molecule has 2 rings (SSSR count). The number of hydrogen-bond acceptors (Lipinski definition) is 5. The van der Waals surface area contributed by atoms with E-state index in [2.05, 4.69) is 0 Å². The van der Waals surface area contributed by atoms with Gasteiger partial charge in [-0.1, -0.05) is 0 Å². The number of ether oxygens (including phenoxy) is 1. The summed E-state index contributed by atoms with van der Waals surface area (Å²) >= 11 is 0. The summed E-state index contributed by atoms with van der Waals surface area (Å²) in [6, 6.07) is 3.05. The number of esters is 1. The first-order valence-electron chi connectivity index (χ1n) is 6.37. The van der Waals surface area contributed by atoms with Crippen LogP contribution in [0.15, 0.2) is 22.8 Å². The Labute approximate surface area is 111 Å². The molecule has 0 saturated carbocycles. The monoisotopic (exact) mass is 266 g/mol. The number of carbonyl (C=O) groups is 2. The summed E-state index contributed by atoms with van der Waals surface area (Å²) in [5.41, 5.74) is 5.77. The first kappa shape index (κ1) is 13.6. The predicted molar refractivity (Wildman–Crippen MR) is 67.1 cm³/mol. The van der Waals surface area contributed by atoms with E-state index in [9.17, 15) is 9.59 Å². The van der Waals surface area contributed by atoms with E-state index in [0.717, 1.165) is 5.76 Å². The van der Waals surface area contributed by atoms with Crippen molar-refractivity contribution in [2.75, 3.05) is 13.2 Å². The molecule has 1 saturated heterocycles. The van der Waals surface area contributed by atoms with Crippen molar-refractivity contribution in [3.8, 4) is 0 Å². The van der Waals surface area contributed by atoms with Crippen LogP contribution in [0, 0.1) is 0 Å². The summed E-state index contributed by atoms with van der Waals surface area (Å²) in [5, 5.41) is 0. The number of amides is 1. The van der Waals surface area contributed by atoms with Gasteiger partial charge in [-0.25, -0.2) is 0 Å². The normalized spacial score (nSPS) is 22.2. The number of carbonyl (C=O) groups excluding carboxylic acids is 2. The number of nitrogens with zero attached hydrogens (tertiary/aromatic N) is 1. The summed E-state index contributed by atoms with van der Waals surface area (Å²) in [7, 11) is 0. The van der Waals surface area contributed by atoms with Crippen LogP contribution in [-0.4, -0.2) is 42.0 Å². The van der Waals surface area contributed by atoms with Gasteiger partial charge in [0, 0.05) is 6.42 Å². The average molecular weight is 266 g/mol. The number of β-lactam (4-membered cyclic amide) rings is 1.